The molecule has 0 aromatic carbocycles. The standard InChI is InChI=1S/C12H15N2P/c1-15-6-2-3-10-4-5-11(8-13)12(7-10)9-14/h4,6,11-12H,2-3,5,7H2,1H3. The zero-order chi connectivity index (χ0) is 11.1. The molecule has 2 atom stereocenters. The normalized spacial score (nSPS) is 25.7. The van der Waals surface area contributed by atoms with Gasteiger partial charge in [0.25, 0.3) is 0 Å². The first-order valence-corrected chi connectivity index (χ1v) is 6.60. The Bertz CT molecular complexity index is 344. The molecule has 1 aliphatic rings. The van der Waals surface area contributed by atoms with E-state index in [-0.39, 0.29) is 11.8 Å². The van der Waals surface area contributed by atoms with Crippen LogP contribution in [0.15, 0.2) is 11.6 Å². The summed E-state index contributed by atoms with van der Waals surface area (Å²) in [6.07, 6.45) is 5.84. The maximum absolute atomic E-state index is 8.94. The second-order valence-electron chi connectivity index (χ2n) is 3.75. The molecule has 2 nitrogen and oxygen atoms in total. The second-order valence-corrected chi connectivity index (χ2v) is 4.63. The Hall–Kier alpha value is -1.11. The molecule has 1 aliphatic carbocycles. The van der Waals surface area contributed by atoms with Gasteiger partial charge in [-0.25, -0.2) is 0 Å². The Morgan fingerprint density at radius 3 is 2.80 bits per heavy atom. The van der Waals surface area contributed by atoms with Crippen molar-refractivity contribution in [2.24, 2.45) is 11.8 Å². The maximum Gasteiger partial charge on any atom is 0.0673 e. The molecular formula is C12H15N2P. The van der Waals surface area contributed by atoms with E-state index in [2.05, 4.69) is 30.7 Å². The molecule has 0 N–H and O–H groups in total. The molecule has 0 bridgehead atoms. The summed E-state index contributed by atoms with van der Waals surface area (Å²) in [6, 6.07) is 4.47. The van der Waals surface area contributed by atoms with Gasteiger partial charge in [-0.15, -0.1) is 8.20 Å². The van der Waals surface area contributed by atoms with Gasteiger partial charge in [0.1, 0.15) is 0 Å². The first-order chi connectivity index (χ1) is 7.31. The van der Waals surface area contributed by atoms with Crippen molar-refractivity contribution in [1.29, 1.82) is 10.5 Å². The average Bonchev–Trinajstić information content (AvgIpc) is 2.29. The summed E-state index contributed by atoms with van der Waals surface area (Å²) >= 11 is 0. The molecule has 0 saturated heterocycles. The van der Waals surface area contributed by atoms with Crippen LogP contribution in [-0.2, 0) is 0 Å². The summed E-state index contributed by atoms with van der Waals surface area (Å²) in [5, 5.41) is 17.8. The average molecular weight is 218 g/mol. The molecular weight excluding hydrogens is 203 g/mol. The van der Waals surface area contributed by atoms with Crippen LogP contribution in [0.25, 0.3) is 0 Å². The molecule has 0 amide bonds. The van der Waals surface area contributed by atoms with Crippen molar-refractivity contribution >= 4 is 14.0 Å². The van der Waals surface area contributed by atoms with Crippen molar-refractivity contribution in [2.45, 2.75) is 25.7 Å². The molecule has 0 radical (unpaired) electrons. The van der Waals surface area contributed by atoms with Crippen molar-refractivity contribution in [1.82, 2.24) is 0 Å². The zero-order valence-electron chi connectivity index (χ0n) is 8.98. The van der Waals surface area contributed by atoms with Gasteiger partial charge in [-0.05, 0) is 32.3 Å². The first kappa shape index (κ1) is 12.0. The van der Waals surface area contributed by atoms with Crippen molar-refractivity contribution in [3.05, 3.63) is 11.6 Å². The highest BCUT2D eigenvalue weighted by molar-refractivity contribution is 7.37. The minimum absolute atomic E-state index is 0.0887. The predicted molar refractivity (Wildman–Crippen MR) is 63.7 cm³/mol. The third-order valence-electron chi connectivity index (χ3n) is 2.74. The molecule has 0 saturated carbocycles. The summed E-state index contributed by atoms with van der Waals surface area (Å²) in [5.41, 5.74) is 1.35. The largest absolute Gasteiger partial charge is 0.198 e. The van der Waals surface area contributed by atoms with Gasteiger partial charge in [-0.1, -0.05) is 17.4 Å². The van der Waals surface area contributed by atoms with Crippen LogP contribution in [0.2, 0.25) is 0 Å². The van der Waals surface area contributed by atoms with E-state index in [0.717, 1.165) is 25.7 Å². The van der Waals surface area contributed by atoms with Crippen LogP contribution in [0.3, 0.4) is 0 Å². The lowest BCUT2D eigenvalue weighted by Gasteiger charge is -2.21. The van der Waals surface area contributed by atoms with Crippen LogP contribution in [0.1, 0.15) is 25.7 Å². The van der Waals surface area contributed by atoms with Gasteiger partial charge in [-0.2, -0.15) is 10.5 Å². The third-order valence-corrected chi connectivity index (χ3v) is 3.36. The molecule has 2 unspecified atom stereocenters. The van der Waals surface area contributed by atoms with Crippen LogP contribution >= 0.6 is 8.20 Å². The molecule has 1 rings (SSSR count). The Morgan fingerprint density at radius 2 is 2.20 bits per heavy atom. The van der Waals surface area contributed by atoms with E-state index >= 15 is 0 Å². The van der Waals surface area contributed by atoms with E-state index in [4.69, 9.17) is 10.5 Å². The van der Waals surface area contributed by atoms with Crippen LogP contribution in [0, 0.1) is 34.5 Å². The SMILES string of the molecule is C/P=C\CCC1=CCC(C#N)C(C#N)C1. The van der Waals surface area contributed by atoms with Crippen molar-refractivity contribution in [3.63, 3.8) is 0 Å². The number of allylic oxidation sites excluding steroid dienone is 2. The predicted octanol–water partition coefficient (Wildman–Crippen LogP) is 3.14. The topological polar surface area (TPSA) is 47.6 Å². The molecule has 0 fully saturated rings. The summed E-state index contributed by atoms with van der Waals surface area (Å²) in [6.45, 7) is 2.11. The summed E-state index contributed by atoms with van der Waals surface area (Å²) in [4.78, 5) is 0. The summed E-state index contributed by atoms with van der Waals surface area (Å²) in [7, 11) is 1.32. The number of rotatable bonds is 3. The van der Waals surface area contributed by atoms with Gasteiger partial charge in [0, 0.05) is 0 Å². The van der Waals surface area contributed by atoms with Crippen LogP contribution in [0.5, 0.6) is 0 Å². The van der Waals surface area contributed by atoms with E-state index in [1.54, 1.807) is 0 Å². The first-order valence-electron chi connectivity index (χ1n) is 5.19. The molecule has 78 valence electrons. The molecule has 3 heteroatoms. The molecule has 0 spiro atoms. The molecule has 15 heavy (non-hydrogen) atoms. The van der Waals surface area contributed by atoms with Gasteiger partial charge in [0.05, 0.1) is 24.0 Å². The lowest BCUT2D eigenvalue weighted by Crippen LogP contribution is -2.16. The highest BCUT2D eigenvalue weighted by Gasteiger charge is 2.24. The van der Waals surface area contributed by atoms with E-state index in [1.165, 1.54) is 13.8 Å². The number of hydrogen-bond acceptors (Lipinski definition) is 2. The summed E-state index contributed by atoms with van der Waals surface area (Å²) in [5.74, 6) is 2.06. The van der Waals surface area contributed by atoms with Gasteiger partial charge in [-0.3, -0.25) is 0 Å². The van der Waals surface area contributed by atoms with Crippen molar-refractivity contribution < 1.29 is 0 Å². The monoisotopic (exact) mass is 218 g/mol. The third kappa shape index (κ3) is 3.50. The molecule has 0 aliphatic heterocycles. The number of nitriles is 2. The zero-order valence-corrected chi connectivity index (χ0v) is 9.87. The Morgan fingerprint density at radius 1 is 1.47 bits per heavy atom. The van der Waals surface area contributed by atoms with E-state index in [0.29, 0.717) is 0 Å². The van der Waals surface area contributed by atoms with Crippen LogP contribution < -0.4 is 0 Å². The molecule has 0 aromatic heterocycles. The lowest BCUT2D eigenvalue weighted by atomic mass is 9.80. The van der Waals surface area contributed by atoms with Gasteiger partial charge in [0.2, 0.25) is 0 Å². The highest BCUT2D eigenvalue weighted by atomic mass is 31.1. The molecule has 0 heterocycles. The summed E-state index contributed by atoms with van der Waals surface area (Å²) < 4.78 is 0. The minimum atomic E-state index is -0.0907. The fourth-order valence-corrected chi connectivity index (χ4v) is 2.21. The van der Waals surface area contributed by atoms with Gasteiger partial charge >= 0.3 is 0 Å². The minimum Gasteiger partial charge on any atom is -0.198 e. The van der Waals surface area contributed by atoms with Crippen molar-refractivity contribution in [3.8, 4) is 12.1 Å². The fourth-order valence-electron chi connectivity index (χ4n) is 1.83. The number of nitrogens with zero attached hydrogens (tertiary/aromatic N) is 2. The van der Waals surface area contributed by atoms with Crippen molar-refractivity contribution in [2.75, 3.05) is 6.66 Å². The smallest absolute Gasteiger partial charge is 0.0673 e. The Labute approximate surface area is 93.0 Å². The maximum atomic E-state index is 8.94. The van der Waals surface area contributed by atoms with E-state index in [1.807, 2.05) is 0 Å². The Kier molecular flexibility index (Phi) is 5.09. The van der Waals surface area contributed by atoms with Gasteiger partial charge in [0.15, 0.2) is 0 Å². The number of hydrogen-bond donors (Lipinski definition) is 0. The Balaban J connectivity index is 2.53. The van der Waals surface area contributed by atoms with E-state index in [9.17, 15) is 0 Å². The fraction of sp³-hybridized carbons (Fsp3) is 0.583. The van der Waals surface area contributed by atoms with Gasteiger partial charge < -0.3 is 0 Å². The second kappa shape index (κ2) is 6.39. The van der Waals surface area contributed by atoms with Crippen LogP contribution in [-0.4, -0.2) is 12.5 Å². The van der Waals surface area contributed by atoms with Crippen LogP contribution in [0.4, 0.5) is 0 Å². The lowest BCUT2D eigenvalue weighted by molar-refractivity contribution is 0.465. The van der Waals surface area contributed by atoms with E-state index < -0.39 is 0 Å². The highest BCUT2D eigenvalue weighted by Crippen LogP contribution is 2.30. The quantitative estimate of drug-likeness (QED) is 0.539. The molecule has 0 aromatic rings.